The minimum atomic E-state index is -4.69. The van der Waals surface area contributed by atoms with Crippen LogP contribution in [0.1, 0.15) is 22.5 Å². The van der Waals surface area contributed by atoms with Crippen molar-refractivity contribution in [2.24, 2.45) is 0 Å². The van der Waals surface area contributed by atoms with Crippen molar-refractivity contribution in [1.82, 2.24) is 14.4 Å². The van der Waals surface area contributed by atoms with Crippen molar-refractivity contribution in [1.29, 1.82) is 5.26 Å². The first kappa shape index (κ1) is 23.1. The molecule has 0 spiro atoms. The van der Waals surface area contributed by atoms with E-state index in [1.807, 2.05) is 0 Å². The highest BCUT2D eigenvalue weighted by Gasteiger charge is 2.33. The van der Waals surface area contributed by atoms with Crippen LogP contribution in [0.15, 0.2) is 42.7 Å². The molecule has 0 saturated heterocycles. The van der Waals surface area contributed by atoms with Gasteiger partial charge in [-0.1, -0.05) is 0 Å². The molecule has 5 rings (SSSR count). The number of nitrogens with zero attached hydrogens (tertiary/aromatic N) is 5. The Kier molecular flexibility index (Phi) is 5.28. The number of hydrogen-bond donors (Lipinski definition) is 2. The summed E-state index contributed by atoms with van der Waals surface area (Å²) in [6.07, 6.45) is -1.14. The molecule has 0 aliphatic carbocycles. The molecule has 12 heteroatoms. The molecule has 0 saturated carbocycles. The Hall–Kier alpha value is -4.66. The second-order valence-corrected chi connectivity index (χ2v) is 8.16. The van der Waals surface area contributed by atoms with Crippen LogP contribution in [-0.4, -0.2) is 26.9 Å². The fourth-order valence-electron chi connectivity index (χ4n) is 4.40. The fraction of sp³-hybridized carbons (Fsp3) is 0.167. The maximum absolute atomic E-state index is 14.2. The van der Waals surface area contributed by atoms with Gasteiger partial charge in [0.25, 0.3) is 0 Å². The predicted molar refractivity (Wildman–Crippen MR) is 124 cm³/mol. The number of nitrogens with one attached hydrogen (secondary N) is 1. The van der Waals surface area contributed by atoms with Crippen LogP contribution in [0.3, 0.4) is 0 Å². The zero-order chi connectivity index (χ0) is 25.8. The van der Waals surface area contributed by atoms with E-state index in [0.29, 0.717) is 58.5 Å². The topological polar surface area (TPSA) is 112 Å². The number of halogens is 4. The van der Waals surface area contributed by atoms with Gasteiger partial charge in [0.05, 0.1) is 22.5 Å². The molecule has 1 aliphatic rings. The van der Waals surface area contributed by atoms with E-state index in [0.717, 1.165) is 0 Å². The first-order chi connectivity index (χ1) is 17.1. The lowest BCUT2D eigenvalue weighted by molar-refractivity contribution is -0.137. The van der Waals surface area contributed by atoms with Gasteiger partial charge in [-0.3, -0.25) is 9.30 Å². The smallest absolute Gasteiger partial charge is 0.382 e. The van der Waals surface area contributed by atoms with Crippen molar-refractivity contribution >= 4 is 28.7 Å². The summed E-state index contributed by atoms with van der Waals surface area (Å²) in [5, 5.41) is 12.2. The number of amides is 2. The number of nitrogens with two attached hydrogens (primary N) is 1. The molecule has 1 aliphatic heterocycles. The third-order valence-electron chi connectivity index (χ3n) is 6.07. The van der Waals surface area contributed by atoms with Crippen LogP contribution < -0.4 is 16.0 Å². The highest BCUT2D eigenvalue weighted by atomic mass is 19.4. The number of carbonyl (C=O) groups excluding carboxylic acids is 1. The Morgan fingerprint density at radius 2 is 2.03 bits per heavy atom. The Labute approximate surface area is 201 Å². The average Bonchev–Trinajstić information content (AvgIpc) is 3.41. The van der Waals surface area contributed by atoms with Gasteiger partial charge in [-0.2, -0.15) is 18.4 Å². The second-order valence-electron chi connectivity index (χ2n) is 8.16. The maximum Gasteiger partial charge on any atom is 0.416 e. The molecule has 0 fully saturated rings. The van der Waals surface area contributed by atoms with E-state index in [4.69, 9.17) is 5.73 Å². The van der Waals surface area contributed by atoms with Crippen LogP contribution in [0.25, 0.3) is 16.8 Å². The number of imidazole rings is 1. The summed E-state index contributed by atoms with van der Waals surface area (Å²) in [5.41, 5.74) is 7.16. The van der Waals surface area contributed by atoms with Gasteiger partial charge >= 0.3 is 12.2 Å². The van der Waals surface area contributed by atoms with E-state index in [1.54, 1.807) is 35.9 Å². The monoisotopic (exact) mass is 495 g/mol. The molecule has 2 aromatic heterocycles. The summed E-state index contributed by atoms with van der Waals surface area (Å²) < 4.78 is 55.0. The SMILES string of the molecule is Cc1nc(-c2ccc3c(c2C#N)CCN3C(=O)Nc2cc(C(F)(F)F)ccc2F)c2c(N)nccn12. The molecule has 3 N–H and O–H groups in total. The highest BCUT2D eigenvalue weighted by Crippen LogP contribution is 2.39. The van der Waals surface area contributed by atoms with Crippen LogP contribution in [0.5, 0.6) is 0 Å². The molecule has 0 radical (unpaired) electrons. The van der Waals surface area contributed by atoms with Gasteiger partial charge in [-0.05, 0) is 49.2 Å². The standard InChI is InChI=1S/C24H17F4N7O/c1-12-32-20(21-22(30)31-7-9-34(12)21)15-3-5-19-14(16(15)11-29)6-8-35(19)23(36)33-18-10-13(24(26,27)28)2-4-17(18)25/h2-5,7,9-10H,6,8H2,1H3,(H2,30,31)(H,33,36). The van der Waals surface area contributed by atoms with Crippen LogP contribution in [0, 0.1) is 24.1 Å². The molecule has 182 valence electrons. The summed E-state index contributed by atoms with van der Waals surface area (Å²) in [4.78, 5) is 22.8. The van der Waals surface area contributed by atoms with E-state index >= 15 is 0 Å². The van der Waals surface area contributed by atoms with Crippen LogP contribution in [-0.2, 0) is 12.6 Å². The number of anilines is 3. The summed E-state index contributed by atoms with van der Waals surface area (Å²) in [6.45, 7) is 1.93. The van der Waals surface area contributed by atoms with Gasteiger partial charge in [0.1, 0.15) is 34.7 Å². The molecule has 2 aromatic carbocycles. The van der Waals surface area contributed by atoms with Crippen molar-refractivity contribution in [2.75, 3.05) is 22.5 Å². The van der Waals surface area contributed by atoms with Crippen LogP contribution in [0.4, 0.5) is 39.5 Å². The zero-order valence-corrected chi connectivity index (χ0v) is 18.7. The lowest BCUT2D eigenvalue weighted by Gasteiger charge is -2.19. The third-order valence-corrected chi connectivity index (χ3v) is 6.07. The Morgan fingerprint density at radius 1 is 1.25 bits per heavy atom. The minimum absolute atomic E-state index is 0.145. The second kappa shape index (κ2) is 8.23. The molecule has 4 aromatic rings. The van der Waals surface area contributed by atoms with Crippen molar-refractivity contribution in [3.8, 4) is 17.3 Å². The maximum atomic E-state index is 14.2. The van der Waals surface area contributed by atoms with Crippen molar-refractivity contribution in [2.45, 2.75) is 19.5 Å². The molecule has 3 heterocycles. The van der Waals surface area contributed by atoms with Crippen molar-refractivity contribution in [3.63, 3.8) is 0 Å². The fourth-order valence-corrected chi connectivity index (χ4v) is 4.40. The number of nitrogen functional groups attached to an aromatic ring is 1. The summed E-state index contributed by atoms with van der Waals surface area (Å²) in [7, 11) is 0. The summed E-state index contributed by atoms with van der Waals surface area (Å²) in [5.74, 6) is -0.124. The van der Waals surface area contributed by atoms with Crippen LogP contribution in [0.2, 0.25) is 0 Å². The number of rotatable bonds is 2. The predicted octanol–water partition coefficient (Wildman–Crippen LogP) is 4.91. The largest absolute Gasteiger partial charge is 0.416 e. The minimum Gasteiger partial charge on any atom is -0.382 e. The molecule has 0 bridgehead atoms. The molecular weight excluding hydrogens is 478 g/mol. The quantitative estimate of drug-likeness (QED) is 0.384. The first-order valence-electron chi connectivity index (χ1n) is 10.7. The van der Waals surface area contributed by atoms with Gasteiger partial charge in [-0.15, -0.1) is 0 Å². The Bertz CT molecular complexity index is 1590. The van der Waals surface area contributed by atoms with E-state index in [2.05, 4.69) is 21.4 Å². The molecule has 0 atom stereocenters. The number of aromatic nitrogens is 3. The van der Waals surface area contributed by atoms with Gasteiger partial charge < -0.3 is 11.1 Å². The highest BCUT2D eigenvalue weighted by molar-refractivity contribution is 6.04. The van der Waals surface area contributed by atoms with E-state index in [-0.39, 0.29) is 17.9 Å². The number of hydrogen-bond acceptors (Lipinski definition) is 5. The van der Waals surface area contributed by atoms with Gasteiger partial charge in [0.2, 0.25) is 0 Å². The number of alkyl halides is 3. The number of urea groups is 1. The molecule has 2 amide bonds. The Morgan fingerprint density at radius 3 is 2.75 bits per heavy atom. The normalized spacial score (nSPS) is 13.1. The van der Waals surface area contributed by atoms with Crippen molar-refractivity contribution in [3.05, 3.63) is 71.1 Å². The Balaban J connectivity index is 1.52. The lowest BCUT2D eigenvalue weighted by atomic mass is 9.97. The lowest BCUT2D eigenvalue weighted by Crippen LogP contribution is -2.33. The first-order valence-corrected chi connectivity index (χ1v) is 10.7. The molecule has 36 heavy (non-hydrogen) atoms. The number of nitriles is 1. The van der Waals surface area contributed by atoms with Gasteiger partial charge in [-0.25, -0.2) is 19.2 Å². The van der Waals surface area contributed by atoms with Gasteiger partial charge in [0, 0.05) is 24.5 Å². The van der Waals surface area contributed by atoms with E-state index in [9.17, 15) is 27.6 Å². The number of carbonyl (C=O) groups is 1. The van der Waals surface area contributed by atoms with E-state index in [1.165, 1.54) is 4.90 Å². The molecular formula is C24H17F4N7O. The van der Waals surface area contributed by atoms with Crippen LogP contribution >= 0.6 is 0 Å². The van der Waals surface area contributed by atoms with Gasteiger partial charge in [0.15, 0.2) is 0 Å². The average molecular weight is 495 g/mol. The molecule has 8 nitrogen and oxygen atoms in total. The number of benzene rings is 2. The third kappa shape index (κ3) is 3.65. The number of aryl methyl sites for hydroxylation is 1. The number of fused-ring (bicyclic) bond motifs is 2. The summed E-state index contributed by atoms with van der Waals surface area (Å²) >= 11 is 0. The molecule has 0 unspecified atom stereocenters. The van der Waals surface area contributed by atoms with E-state index < -0.39 is 29.3 Å². The van der Waals surface area contributed by atoms with Crippen molar-refractivity contribution < 1.29 is 22.4 Å². The summed E-state index contributed by atoms with van der Waals surface area (Å²) in [6, 6.07) is 6.39. The zero-order valence-electron chi connectivity index (χ0n) is 18.7.